The molecule has 0 radical (unpaired) electrons. The molecule has 0 spiro atoms. The molecule has 7 nitrogen and oxygen atoms in total. The molecule has 0 aliphatic heterocycles. The molecule has 1 aromatic heterocycles. The van der Waals surface area contributed by atoms with E-state index in [-0.39, 0.29) is 0 Å². The number of methoxy groups -OCH3 is 3. The Morgan fingerprint density at radius 3 is 2.32 bits per heavy atom. The summed E-state index contributed by atoms with van der Waals surface area (Å²) < 4.78 is 16.0. The van der Waals surface area contributed by atoms with E-state index < -0.39 is 0 Å². The second-order valence-corrected chi connectivity index (χ2v) is 5.32. The number of hydrogen-bond acceptors (Lipinski definition) is 7. The van der Waals surface area contributed by atoms with Gasteiger partial charge >= 0.3 is 0 Å². The fourth-order valence-corrected chi connectivity index (χ4v) is 2.58. The SMILES string of the molecule is COc1ccccc1CNc1nc(N)c2cc(OC)c(OC)cc2n1. The topological polar surface area (TPSA) is 91.5 Å². The van der Waals surface area contributed by atoms with Crippen LogP contribution in [-0.2, 0) is 6.54 Å². The van der Waals surface area contributed by atoms with E-state index in [1.807, 2.05) is 24.3 Å². The predicted octanol–water partition coefficient (Wildman–Crippen LogP) is 2.85. The van der Waals surface area contributed by atoms with Gasteiger partial charge in [0.05, 0.1) is 26.8 Å². The molecular formula is C18H20N4O3. The van der Waals surface area contributed by atoms with Crippen molar-refractivity contribution < 1.29 is 14.2 Å². The monoisotopic (exact) mass is 340 g/mol. The van der Waals surface area contributed by atoms with E-state index in [9.17, 15) is 0 Å². The molecule has 0 saturated heterocycles. The quantitative estimate of drug-likeness (QED) is 0.713. The summed E-state index contributed by atoms with van der Waals surface area (Å²) in [5.74, 6) is 2.77. The van der Waals surface area contributed by atoms with Crippen molar-refractivity contribution in [3.63, 3.8) is 0 Å². The maximum atomic E-state index is 6.09. The maximum Gasteiger partial charge on any atom is 0.225 e. The Balaban J connectivity index is 1.92. The molecule has 0 saturated carbocycles. The molecule has 3 N–H and O–H groups in total. The van der Waals surface area contributed by atoms with Crippen LogP contribution in [-0.4, -0.2) is 31.3 Å². The van der Waals surface area contributed by atoms with E-state index in [4.69, 9.17) is 19.9 Å². The smallest absolute Gasteiger partial charge is 0.225 e. The Kier molecular flexibility index (Phi) is 4.74. The zero-order valence-corrected chi connectivity index (χ0v) is 14.4. The highest BCUT2D eigenvalue weighted by molar-refractivity contribution is 5.91. The first-order valence-corrected chi connectivity index (χ1v) is 7.71. The lowest BCUT2D eigenvalue weighted by Gasteiger charge is -2.12. The number of rotatable bonds is 6. The average Bonchev–Trinajstić information content (AvgIpc) is 2.65. The van der Waals surface area contributed by atoms with Crippen LogP contribution in [0.4, 0.5) is 11.8 Å². The third-order valence-corrected chi connectivity index (χ3v) is 3.86. The Bertz CT molecular complexity index is 899. The molecule has 130 valence electrons. The van der Waals surface area contributed by atoms with Gasteiger partial charge in [0.25, 0.3) is 0 Å². The molecule has 25 heavy (non-hydrogen) atoms. The van der Waals surface area contributed by atoms with Gasteiger partial charge in [0.2, 0.25) is 5.95 Å². The van der Waals surface area contributed by atoms with Gasteiger partial charge in [-0.25, -0.2) is 4.98 Å². The number of benzene rings is 2. The number of anilines is 2. The summed E-state index contributed by atoms with van der Waals surface area (Å²) in [6.07, 6.45) is 0. The van der Waals surface area contributed by atoms with Crippen LogP contribution in [0.25, 0.3) is 10.9 Å². The van der Waals surface area contributed by atoms with Crippen molar-refractivity contribution >= 4 is 22.7 Å². The fraction of sp³-hybridized carbons (Fsp3) is 0.222. The lowest BCUT2D eigenvalue weighted by Crippen LogP contribution is -2.07. The Morgan fingerprint density at radius 2 is 1.60 bits per heavy atom. The van der Waals surface area contributed by atoms with Crippen molar-refractivity contribution in [3.05, 3.63) is 42.0 Å². The molecule has 0 aliphatic carbocycles. The van der Waals surface area contributed by atoms with Crippen molar-refractivity contribution in [2.75, 3.05) is 32.4 Å². The molecule has 0 bridgehead atoms. The second-order valence-electron chi connectivity index (χ2n) is 5.32. The number of nitrogens with two attached hydrogens (primary N) is 1. The van der Waals surface area contributed by atoms with Crippen LogP contribution < -0.4 is 25.3 Å². The third-order valence-electron chi connectivity index (χ3n) is 3.86. The van der Waals surface area contributed by atoms with E-state index in [1.54, 1.807) is 33.5 Å². The van der Waals surface area contributed by atoms with Crippen LogP contribution in [0.15, 0.2) is 36.4 Å². The molecule has 3 aromatic rings. The van der Waals surface area contributed by atoms with Gasteiger partial charge in [0.1, 0.15) is 11.6 Å². The van der Waals surface area contributed by atoms with E-state index in [0.29, 0.717) is 40.7 Å². The number of para-hydroxylation sites is 1. The van der Waals surface area contributed by atoms with Crippen LogP contribution in [0.5, 0.6) is 17.2 Å². The largest absolute Gasteiger partial charge is 0.496 e. The first kappa shape index (κ1) is 16.6. The molecule has 3 rings (SSSR count). The molecule has 0 amide bonds. The van der Waals surface area contributed by atoms with Gasteiger partial charge < -0.3 is 25.3 Å². The van der Waals surface area contributed by atoms with Crippen molar-refractivity contribution in [2.45, 2.75) is 6.54 Å². The van der Waals surface area contributed by atoms with Crippen LogP contribution >= 0.6 is 0 Å². The van der Waals surface area contributed by atoms with E-state index in [2.05, 4.69) is 15.3 Å². The normalized spacial score (nSPS) is 10.5. The van der Waals surface area contributed by atoms with E-state index >= 15 is 0 Å². The fourth-order valence-electron chi connectivity index (χ4n) is 2.58. The van der Waals surface area contributed by atoms with Gasteiger partial charge in [-0.2, -0.15) is 4.98 Å². The van der Waals surface area contributed by atoms with Crippen molar-refractivity contribution in [3.8, 4) is 17.2 Å². The van der Waals surface area contributed by atoms with Crippen LogP contribution in [0.2, 0.25) is 0 Å². The summed E-state index contributed by atoms with van der Waals surface area (Å²) in [4.78, 5) is 8.83. The zero-order valence-electron chi connectivity index (χ0n) is 14.4. The number of nitrogens with zero attached hydrogens (tertiary/aromatic N) is 2. The summed E-state index contributed by atoms with van der Waals surface area (Å²) in [5, 5.41) is 3.89. The first-order chi connectivity index (χ1) is 12.2. The summed E-state index contributed by atoms with van der Waals surface area (Å²) in [6, 6.07) is 11.3. The highest BCUT2D eigenvalue weighted by atomic mass is 16.5. The van der Waals surface area contributed by atoms with Crippen molar-refractivity contribution in [2.24, 2.45) is 0 Å². The Hall–Kier alpha value is -3.22. The minimum atomic E-state index is 0.369. The molecule has 0 fully saturated rings. The van der Waals surface area contributed by atoms with Gasteiger partial charge in [-0.05, 0) is 12.1 Å². The number of nitrogens with one attached hydrogen (secondary N) is 1. The van der Waals surface area contributed by atoms with E-state index in [1.165, 1.54) is 0 Å². The molecule has 7 heteroatoms. The number of ether oxygens (including phenoxy) is 3. The zero-order chi connectivity index (χ0) is 17.8. The summed E-state index contributed by atoms with van der Waals surface area (Å²) in [7, 11) is 4.79. The Morgan fingerprint density at radius 1 is 0.920 bits per heavy atom. The number of hydrogen-bond donors (Lipinski definition) is 2. The minimum absolute atomic E-state index is 0.369. The first-order valence-electron chi connectivity index (χ1n) is 7.71. The number of nitrogen functional groups attached to an aromatic ring is 1. The lowest BCUT2D eigenvalue weighted by atomic mass is 10.2. The minimum Gasteiger partial charge on any atom is -0.496 e. The molecule has 0 unspecified atom stereocenters. The Labute approximate surface area is 145 Å². The standard InChI is InChI=1S/C18H20N4O3/c1-23-14-7-5-4-6-11(14)10-20-18-21-13-9-16(25-3)15(24-2)8-12(13)17(19)22-18/h4-9H,10H2,1-3H3,(H3,19,20,21,22). The highest BCUT2D eigenvalue weighted by Crippen LogP contribution is 2.33. The lowest BCUT2D eigenvalue weighted by molar-refractivity contribution is 0.356. The molecule has 2 aromatic carbocycles. The number of aromatic nitrogens is 2. The molecule has 0 atom stereocenters. The van der Waals surface area contributed by atoms with Crippen LogP contribution in [0.1, 0.15) is 5.56 Å². The van der Waals surface area contributed by atoms with E-state index in [0.717, 1.165) is 11.3 Å². The molecular weight excluding hydrogens is 320 g/mol. The van der Waals surface area contributed by atoms with Crippen LogP contribution in [0.3, 0.4) is 0 Å². The predicted molar refractivity (Wildman–Crippen MR) is 97.4 cm³/mol. The highest BCUT2D eigenvalue weighted by Gasteiger charge is 2.12. The van der Waals surface area contributed by atoms with Gasteiger partial charge in [0.15, 0.2) is 11.5 Å². The average molecular weight is 340 g/mol. The third kappa shape index (κ3) is 3.35. The number of fused-ring (bicyclic) bond motifs is 1. The summed E-state index contributed by atoms with van der Waals surface area (Å²) in [5.41, 5.74) is 7.76. The summed E-state index contributed by atoms with van der Waals surface area (Å²) in [6.45, 7) is 0.516. The van der Waals surface area contributed by atoms with Gasteiger partial charge in [-0.15, -0.1) is 0 Å². The van der Waals surface area contributed by atoms with Crippen LogP contribution in [0, 0.1) is 0 Å². The summed E-state index contributed by atoms with van der Waals surface area (Å²) >= 11 is 0. The van der Waals surface area contributed by atoms with Gasteiger partial charge in [0, 0.05) is 23.6 Å². The van der Waals surface area contributed by atoms with Crippen molar-refractivity contribution in [1.82, 2.24) is 9.97 Å². The maximum absolute atomic E-state index is 6.09. The van der Waals surface area contributed by atoms with Gasteiger partial charge in [-0.1, -0.05) is 18.2 Å². The second kappa shape index (κ2) is 7.12. The van der Waals surface area contributed by atoms with Gasteiger partial charge in [-0.3, -0.25) is 0 Å². The van der Waals surface area contributed by atoms with Crippen molar-refractivity contribution in [1.29, 1.82) is 0 Å². The molecule has 0 aliphatic rings. The molecule has 1 heterocycles.